The van der Waals surface area contributed by atoms with Gasteiger partial charge in [-0.2, -0.15) is 13.2 Å². The molecule has 0 aliphatic heterocycles. The summed E-state index contributed by atoms with van der Waals surface area (Å²) >= 11 is 5.83. The van der Waals surface area contributed by atoms with E-state index in [-0.39, 0.29) is 23.9 Å². The number of nitrogens with one attached hydrogen (secondary N) is 1. The van der Waals surface area contributed by atoms with E-state index >= 15 is 0 Å². The van der Waals surface area contributed by atoms with Gasteiger partial charge in [-0.15, -0.1) is 0 Å². The lowest BCUT2D eigenvalue weighted by Crippen LogP contribution is -2.30. The molecular weight excluding hydrogens is 279 g/mol. The van der Waals surface area contributed by atoms with Gasteiger partial charge >= 0.3 is 6.18 Å². The number of benzene rings is 1. The minimum absolute atomic E-state index is 0.0196. The van der Waals surface area contributed by atoms with Crippen LogP contribution in [0.1, 0.15) is 25.8 Å². The quantitative estimate of drug-likeness (QED) is 0.854. The van der Waals surface area contributed by atoms with Gasteiger partial charge in [0.15, 0.2) is 0 Å². The van der Waals surface area contributed by atoms with Crippen LogP contribution in [0.3, 0.4) is 0 Å². The minimum atomic E-state index is -4.46. The number of aliphatic hydroxyl groups is 1. The third-order valence-corrected chi connectivity index (χ3v) is 3.56. The number of anilines is 1. The molecule has 0 aliphatic rings. The van der Waals surface area contributed by atoms with E-state index in [4.69, 9.17) is 11.6 Å². The first-order valence-electron chi connectivity index (χ1n) is 5.94. The van der Waals surface area contributed by atoms with Gasteiger partial charge in [-0.25, -0.2) is 0 Å². The monoisotopic (exact) mass is 295 g/mol. The van der Waals surface area contributed by atoms with Crippen LogP contribution < -0.4 is 5.32 Å². The first-order chi connectivity index (χ1) is 8.73. The zero-order valence-electron chi connectivity index (χ0n) is 10.8. The Morgan fingerprint density at radius 3 is 2.42 bits per heavy atom. The predicted octanol–water partition coefficient (Wildman–Crippen LogP) is 4.18. The van der Waals surface area contributed by atoms with Crippen molar-refractivity contribution >= 4 is 17.3 Å². The smallest absolute Gasteiger partial charge is 0.396 e. The maximum Gasteiger partial charge on any atom is 0.418 e. The van der Waals surface area contributed by atoms with E-state index in [0.29, 0.717) is 6.42 Å². The molecule has 0 radical (unpaired) electrons. The highest BCUT2D eigenvalue weighted by Gasteiger charge is 2.34. The zero-order chi connectivity index (χ0) is 14.7. The highest BCUT2D eigenvalue weighted by Crippen LogP contribution is 2.39. The molecule has 0 amide bonds. The van der Waals surface area contributed by atoms with Crippen LogP contribution in [0.2, 0.25) is 5.02 Å². The summed E-state index contributed by atoms with van der Waals surface area (Å²) in [5.74, 6) is 0. The Hall–Kier alpha value is -0.940. The van der Waals surface area contributed by atoms with Crippen molar-refractivity contribution in [1.29, 1.82) is 0 Å². The van der Waals surface area contributed by atoms with Crippen LogP contribution >= 0.6 is 11.6 Å². The summed E-state index contributed by atoms with van der Waals surface area (Å²) in [4.78, 5) is 0. The van der Waals surface area contributed by atoms with E-state index in [1.807, 2.05) is 6.92 Å². The molecule has 2 nitrogen and oxygen atoms in total. The SMILES string of the molecule is CCC(C)(CO)CNc1c(Cl)cccc1C(F)(F)F. The molecule has 1 aromatic carbocycles. The Morgan fingerprint density at radius 2 is 1.95 bits per heavy atom. The number of halogens is 4. The fourth-order valence-corrected chi connectivity index (χ4v) is 1.78. The van der Waals surface area contributed by atoms with Crippen LogP contribution in [-0.4, -0.2) is 18.3 Å². The number of rotatable bonds is 5. The van der Waals surface area contributed by atoms with Crippen molar-refractivity contribution < 1.29 is 18.3 Å². The van der Waals surface area contributed by atoms with Crippen molar-refractivity contribution in [3.63, 3.8) is 0 Å². The lowest BCUT2D eigenvalue weighted by molar-refractivity contribution is -0.137. The molecule has 108 valence electrons. The van der Waals surface area contributed by atoms with Crippen LogP contribution in [0.4, 0.5) is 18.9 Å². The summed E-state index contributed by atoms with van der Waals surface area (Å²) in [5.41, 5.74) is -1.41. The summed E-state index contributed by atoms with van der Waals surface area (Å²) in [5, 5.41) is 12.0. The lowest BCUT2D eigenvalue weighted by atomic mass is 9.88. The molecule has 0 heterocycles. The number of hydrogen-bond donors (Lipinski definition) is 2. The van der Waals surface area contributed by atoms with Crippen molar-refractivity contribution in [3.05, 3.63) is 28.8 Å². The normalized spacial score (nSPS) is 15.1. The van der Waals surface area contributed by atoms with Crippen LogP contribution in [-0.2, 0) is 6.18 Å². The lowest BCUT2D eigenvalue weighted by Gasteiger charge is -2.27. The second kappa shape index (κ2) is 6.01. The van der Waals surface area contributed by atoms with Gasteiger partial charge < -0.3 is 10.4 Å². The molecule has 1 atom stereocenters. The Balaban J connectivity index is 3.01. The van der Waals surface area contributed by atoms with Crippen LogP contribution in [0.15, 0.2) is 18.2 Å². The van der Waals surface area contributed by atoms with Gasteiger partial charge in [0, 0.05) is 12.0 Å². The maximum atomic E-state index is 12.9. The van der Waals surface area contributed by atoms with E-state index < -0.39 is 17.2 Å². The molecule has 0 spiro atoms. The second-order valence-electron chi connectivity index (χ2n) is 4.84. The molecule has 19 heavy (non-hydrogen) atoms. The van der Waals surface area contributed by atoms with Crippen LogP contribution in [0, 0.1) is 5.41 Å². The van der Waals surface area contributed by atoms with Crippen LogP contribution in [0.25, 0.3) is 0 Å². The average Bonchev–Trinajstić information content (AvgIpc) is 2.35. The van der Waals surface area contributed by atoms with E-state index in [0.717, 1.165) is 6.07 Å². The third-order valence-electron chi connectivity index (χ3n) is 3.25. The topological polar surface area (TPSA) is 32.3 Å². The summed E-state index contributed by atoms with van der Waals surface area (Å²) in [6.07, 6.45) is -3.82. The molecule has 0 saturated carbocycles. The molecular formula is C13H17ClF3NO. The molecule has 0 aliphatic carbocycles. The van der Waals surface area contributed by atoms with Gasteiger partial charge in [0.1, 0.15) is 0 Å². The Labute approximate surface area is 115 Å². The summed E-state index contributed by atoms with van der Waals surface area (Å²) in [6, 6.07) is 3.65. The molecule has 1 rings (SSSR count). The van der Waals surface area contributed by atoms with Gasteiger partial charge in [-0.3, -0.25) is 0 Å². The Kier molecular flexibility index (Phi) is 5.10. The van der Waals surface area contributed by atoms with E-state index in [2.05, 4.69) is 5.32 Å². The third kappa shape index (κ3) is 4.01. The zero-order valence-corrected chi connectivity index (χ0v) is 11.6. The molecule has 0 aromatic heterocycles. The predicted molar refractivity (Wildman–Crippen MR) is 70.4 cm³/mol. The molecule has 1 unspecified atom stereocenters. The molecule has 0 saturated heterocycles. The molecule has 6 heteroatoms. The summed E-state index contributed by atoms with van der Waals surface area (Å²) in [7, 11) is 0. The Morgan fingerprint density at radius 1 is 1.32 bits per heavy atom. The summed E-state index contributed by atoms with van der Waals surface area (Å²) in [6.45, 7) is 3.77. The van der Waals surface area contributed by atoms with E-state index in [9.17, 15) is 18.3 Å². The number of alkyl halides is 3. The van der Waals surface area contributed by atoms with Crippen molar-refractivity contribution in [3.8, 4) is 0 Å². The number of aliphatic hydroxyl groups excluding tert-OH is 1. The highest BCUT2D eigenvalue weighted by molar-refractivity contribution is 6.33. The van der Waals surface area contributed by atoms with Crippen molar-refractivity contribution in [2.45, 2.75) is 26.4 Å². The molecule has 0 fully saturated rings. The van der Waals surface area contributed by atoms with Gasteiger partial charge in [-0.05, 0) is 18.6 Å². The fraction of sp³-hybridized carbons (Fsp3) is 0.538. The highest BCUT2D eigenvalue weighted by atomic mass is 35.5. The first kappa shape index (κ1) is 16.1. The van der Waals surface area contributed by atoms with Crippen molar-refractivity contribution in [1.82, 2.24) is 0 Å². The average molecular weight is 296 g/mol. The molecule has 2 N–H and O–H groups in total. The number of para-hydroxylation sites is 1. The van der Waals surface area contributed by atoms with Crippen molar-refractivity contribution in [2.75, 3.05) is 18.5 Å². The second-order valence-corrected chi connectivity index (χ2v) is 5.24. The fourth-order valence-electron chi connectivity index (χ4n) is 1.53. The van der Waals surface area contributed by atoms with E-state index in [1.165, 1.54) is 12.1 Å². The van der Waals surface area contributed by atoms with Crippen molar-refractivity contribution in [2.24, 2.45) is 5.41 Å². The van der Waals surface area contributed by atoms with Gasteiger partial charge in [0.25, 0.3) is 0 Å². The van der Waals surface area contributed by atoms with Crippen LogP contribution in [0.5, 0.6) is 0 Å². The standard InChI is InChI=1S/C13H17ClF3NO/c1-3-12(2,8-19)7-18-11-9(13(15,16)17)5-4-6-10(11)14/h4-6,18-19H,3,7-8H2,1-2H3. The number of hydrogen-bond acceptors (Lipinski definition) is 2. The van der Waals surface area contributed by atoms with Gasteiger partial charge in [0.2, 0.25) is 0 Å². The van der Waals surface area contributed by atoms with E-state index in [1.54, 1.807) is 6.92 Å². The molecule has 1 aromatic rings. The summed E-state index contributed by atoms with van der Waals surface area (Å²) < 4.78 is 38.6. The first-order valence-corrected chi connectivity index (χ1v) is 6.32. The largest absolute Gasteiger partial charge is 0.418 e. The van der Waals surface area contributed by atoms with Gasteiger partial charge in [0.05, 0.1) is 22.9 Å². The Bertz CT molecular complexity index is 430. The minimum Gasteiger partial charge on any atom is -0.396 e. The maximum absolute atomic E-state index is 12.9. The molecule has 0 bridgehead atoms. The van der Waals surface area contributed by atoms with Gasteiger partial charge in [-0.1, -0.05) is 31.5 Å².